The van der Waals surface area contributed by atoms with Crippen molar-refractivity contribution in [3.05, 3.63) is 88.7 Å². The molecule has 0 saturated carbocycles. The number of halogens is 1. The molecule has 1 aromatic heterocycles. The van der Waals surface area contributed by atoms with Crippen LogP contribution in [-0.4, -0.2) is 39.8 Å². The van der Waals surface area contributed by atoms with Crippen LogP contribution < -0.4 is 9.64 Å². The number of aromatic nitrogens is 2. The molecular formula is C28H28ClN3O3. The summed E-state index contributed by atoms with van der Waals surface area (Å²) in [6, 6.07) is 21.2. The van der Waals surface area contributed by atoms with E-state index in [1.807, 2.05) is 77.9 Å². The number of amides is 1. The Morgan fingerprint density at radius 2 is 1.86 bits per heavy atom. The number of hydrogen-bond acceptors (Lipinski definition) is 4. The summed E-state index contributed by atoms with van der Waals surface area (Å²) in [6.07, 6.45) is -0.374. The number of ether oxygens (including phenoxy) is 1. The number of carbonyl (C=O) groups excluding carboxylic acids is 1. The Morgan fingerprint density at radius 1 is 1.09 bits per heavy atom. The standard InChI is InChI=1S/C28H28ClN3O3/c1-18-7-3-5-9-25(18)31-15-20(14-27(31)34)28-30-24-8-4-6-10-26(24)32(28)16-21(33)17-35-22-11-12-23(29)19(2)13-22/h3-13,20-21,33H,14-17H2,1-2H3. The van der Waals surface area contributed by atoms with Crippen molar-refractivity contribution in [1.29, 1.82) is 0 Å². The number of carbonyl (C=O) groups is 1. The molecule has 0 spiro atoms. The summed E-state index contributed by atoms with van der Waals surface area (Å²) in [6.45, 7) is 4.94. The average molecular weight is 490 g/mol. The number of imidazole rings is 1. The number of aryl methyl sites for hydroxylation is 2. The van der Waals surface area contributed by atoms with Crippen LogP contribution in [0.5, 0.6) is 5.75 Å². The van der Waals surface area contributed by atoms with E-state index in [4.69, 9.17) is 21.3 Å². The van der Waals surface area contributed by atoms with E-state index in [0.717, 1.165) is 33.7 Å². The second-order valence-corrected chi connectivity index (χ2v) is 9.54. The highest BCUT2D eigenvalue weighted by molar-refractivity contribution is 6.31. The second kappa shape index (κ2) is 9.72. The number of anilines is 1. The number of fused-ring (bicyclic) bond motifs is 1. The molecule has 7 heteroatoms. The molecule has 0 bridgehead atoms. The maximum absolute atomic E-state index is 13.0. The molecule has 35 heavy (non-hydrogen) atoms. The van der Waals surface area contributed by atoms with Gasteiger partial charge in [0.05, 0.1) is 17.6 Å². The van der Waals surface area contributed by atoms with Crippen molar-refractivity contribution >= 4 is 34.2 Å². The van der Waals surface area contributed by atoms with Crippen LogP contribution in [0.15, 0.2) is 66.7 Å². The molecule has 2 heterocycles. The average Bonchev–Trinajstić information content (AvgIpc) is 3.41. The van der Waals surface area contributed by atoms with Gasteiger partial charge in [0.15, 0.2) is 0 Å². The van der Waals surface area contributed by atoms with E-state index >= 15 is 0 Å². The Labute approximate surface area is 209 Å². The Balaban J connectivity index is 1.38. The van der Waals surface area contributed by atoms with Gasteiger partial charge < -0.3 is 19.3 Å². The van der Waals surface area contributed by atoms with Crippen molar-refractivity contribution < 1.29 is 14.6 Å². The molecule has 5 rings (SSSR count). The van der Waals surface area contributed by atoms with Gasteiger partial charge in [-0.25, -0.2) is 4.98 Å². The van der Waals surface area contributed by atoms with E-state index in [1.165, 1.54) is 0 Å². The summed E-state index contributed by atoms with van der Waals surface area (Å²) >= 11 is 6.10. The number of rotatable bonds is 7. The van der Waals surface area contributed by atoms with Crippen molar-refractivity contribution in [2.75, 3.05) is 18.1 Å². The van der Waals surface area contributed by atoms with E-state index in [2.05, 4.69) is 0 Å². The van der Waals surface area contributed by atoms with E-state index in [-0.39, 0.29) is 18.4 Å². The van der Waals surface area contributed by atoms with Gasteiger partial charge in [-0.15, -0.1) is 0 Å². The van der Waals surface area contributed by atoms with Crippen LogP contribution in [0, 0.1) is 13.8 Å². The van der Waals surface area contributed by atoms with Gasteiger partial charge in [0.1, 0.15) is 24.3 Å². The lowest BCUT2D eigenvalue weighted by atomic mass is 10.1. The van der Waals surface area contributed by atoms with Crippen LogP contribution in [0.1, 0.15) is 29.3 Å². The molecule has 1 saturated heterocycles. The highest BCUT2D eigenvalue weighted by Crippen LogP contribution is 2.34. The fourth-order valence-corrected chi connectivity index (χ4v) is 4.86. The highest BCUT2D eigenvalue weighted by atomic mass is 35.5. The second-order valence-electron chi connectivity index (χ2n) is 9.14. The predicted octanol–water partition coefficient (Wildman–Crippen LogP) is 5.27. The number of aliphatic hydroxyl groups is 1. The van der Waals surface area contributed by atoms with Crippen LogP contribution in [0.25, 0.3) is 11.0 Å². The van der Waals surface area contributed by atoms with Crippen molar-refractivity contribution in [2.45, 2.75) is 38.8 Å². The topological polar surface area (TPSA) is 67.6 Å². The molecule has 2 atom stereocenters. The predicted molar refractivity (Wildman–Crippen MR) is 138 cm³/mol. The molecule has 1 aliphatic heterocycles. The number of para-hydroxylation sites is 3. The molecule has 3 aromatic carbocycles. The maximum Gasteiger partial charge on any atom is 0.227 e. The molecule has 4 aromatic rings. The lowest BCUT2D eigenvalue weighted by molar-refractivity contribution is -0.117. The Hall–Kier alpha value is -3.35. The maximum atomic E-state index is 13.0. The Morgan fingerprint density at radius 3 is 2.66 bits per heavy atom. The quantitative estimate of drug-likeness (QED) is 0.384. The molecule has 1 N–H and O–H groups in total. The van der Waals surface area contributed by atoms with Gasteiger partial charge in [-0.3, -0.25) is 4.79 Å². The van der Waals surface area contributed by atoms with Crippen molar-refractivity contribution in [3.63, 3.8) is 0 Å². The zero-order chi connectivity index (χ0) is 24.5. The first-order valence-corrected chi connectivity index (χ1v) is 12.2. The number of hydrogen-bond donors (Lipinski definition) is 1. The number of aliphatic hydroxyl groups excluding tert-OH is 1. The summed E-state index contributed by atoms with van der Waals surface area (Å²) < 4.78 is 7.87. The summed E-state index contributed by atoms with van der Waals surface area (Å²) in [5.41, 5.74) is 4.72. The smallest absolute Gasteiger partial charge is 0.227 e. The van der Waals surface area contributed by atoms with Gasteiger partial charge in [0, 0.05) is 29.6 Å². The molecule has 1 aliphatic rings. The van der Waals surface area contributed by atoms with E-state index in [9.17, 15) is 9.90 Å². The van der Waals surface area contributed by atoms with E-state index in [1.54, 1.807) is 12.1 Å². The summed E-state index contributed by atoms with van der Waals surface area (Å²) in [5, 5.41) is 11.6. The highest BCUT2D eigenvalue weighted by Gasteiger charge is 2.35. The SMILES string of the molecule is Cc1cc(OCC(O)Cn2c(C3CC(=O)N(c4ccccc4C)C3)nc3ccccc32)ccc1Cl. The lowest BCUT2D eigenvalue weighted by Gasteiger charge is -2.20. The summed E-state index contributed by atoms with van der Waals surface area (Å²) in [7, 11) is 0. The minimum atomic E-state index is -0.757. The Bertz CT molecular complexity index is 1380. The van der Waals surface area contributed by atoms with Gasteiger partial charge in [-0.2, -0.15) is 0 Å². The first kappa shape index (κ1) is 23.4. The number of nitrogens with zero attached hydrogens (tertiary/aromatic N) is 3. The normalized spacial score (nSPS) is 16.7. The first-order valence-electron chi connectivity index (χ1n) is 11.8. The molecule has 6 nitrogen and oxygen atoms in total. The van der Waals surface area contributed by atoms with Gasteiger partial charge in [-0.05, 0) is 61.4 Å². The monoisotopic (exact) mass is 489 g/mol. The molecule has 2 unspecified atom stereocenters. The van der Waals surface area contributed by atoms with Gasteiger partial charge >= 0.3 is 0 Å². The largest absolute Gasteiger partial charge is 0.491 e. The fourth-order valence-electron chi connectivity index (χ4n) is 4.74. The molecular weight excluding hydrogens is 462 g/mol. The summed E-state index contributed by atoms with van der Waals surface area (Å²) in [4.78, 5) is 19.7. The van der Waals surface area contributed by atoms with Gasteiger partial charge in [0.25, 0.3) is 0 Å². The van der Waals surface area contributed by atoms with Crippen LogP contribution in [0.2, 0.25) is 5.02 Å². The minimum Gasteiger partial charge on any atom is -0.491 e. The molecule has 0 aliphatic carbocycles. The van der Waals surface area contributed by atoms with Crippen LogP contribution in [0.4, 0.5) is 5.69 Å². The van der Waals surface area contributed by atoms with Gasteiger partial charge in [0.2, 0.25) is 5.91 Å². The van der Waals surface area contributed by atoms with Crippen molar-refractivity contribution in [2.24, 2.45) is 0 Å². The van der Waals surface area contributed by atoms with Crippen molar-refractivity contribution in [3.8, 4) is 5.75 Å². The molecule has 1 fully saturated rings. The van der Waals surface area contributed by atoms with E-state index in [0.29, 0.717) is 30.3 Å². The van der Waals surface area contributed by atoms with Crippen LogP contribution in [-0.2, 0) is 11.3 Å². The molecule has 180 valence electrons. The van der Waals surface area contributed by atoms with Crippen molar-refractivity contribution in [1.82, 2.24) is 9.55 Å². The van der Waals surface area contributed by atoms with Crippen LogP contribution in [0.3, 0.4) is 0 Å². The lowest BCUT2D eigenvalue weighted by Crippen LogP contribution is -2.27. The minimum absolute atomic E-state index is 0.0680. The third-order valence-electron chi connectivity index (χ3n) is 6.55. The zero-order valence-electron chi connectivity index (χ0n) is 19.8. The molecule has 0 radical (unpaired) electrons. The molecule has 1 amide bonds. The third kappa shape index (κ3) is 4.77. The first-order chi connectivity index (χ1) is 16.9. The summed E-state index contributed by atoms with van der Waals surface area (Å²) in [5.74, 6) is 1.50. The van der Waals surface area contributed by atoms with Gasteiger partial charge in [-0.1, -0.05) is 41.9 Å². The fraction of sp³-hybridized carbons (Fsp3) is 0.286. The van der Waals surface area contributed by atoms with Crippen LogP contribution >= 0.6 is 11.6 Å². The Kier molecular flexibility index (Phi) is 6.50. The number of benzene rings is 3. The van der Waals surface area contributed by atoms with E-state index < -0.39 is 6.10 Å². The zero-order valence-corrected chi connectivity index (χ0v) is 20.6. The third-order valence-corrected chi connectivity index (χ3v) is 6.97.